The van der Waals surface area contributed by atoms with Crippen molar-refractivity contribution >= 4 is 34.3 Å². The number of rotatable bonds is 2. The Balaban J connectivity index is 1.55. The van der Waals surface area contributed by atoms with Crippen LogP contribution in [0.1, 0.15) is 52.8 Å². The fourth-order valence-electron chi connectivity index (χ4n) is 3.74. The lowest BCUT2D eigenvalue weighted by Crippen LogP contribution is -2.17. The molecule has 0 atom stereocenters. The Hall–Kier alpha value is -4.12. The number of nitrogens with one attached hydrogen (secondary N) is 1. The molecule has 5 rings (SSSR count). The van der Waals surface area contributed by atoms with Crippen molar-refractivity contribution in [3.63, 3.8) is 0 Å². The van der Waals surface area contributed by atoms with Gasteiger partial charge < -0.3 is 4.98 Å². The topological polar surface area (TPSA) is 84.1 Å². The average molecular weight is 379 g/mol. The van der Waals surface area contributed by atoms with Crippen LogP contribution in [0.5, 0.6) is 0 Å². The average Bonchev–Trinajstić information content (AvgIpc) is 3.23. The zero-order chi connectivity index (χ0) is 20.1. The highest BCUT2D eigenvalue weighted by Crippen LogP contribution is 2.31. The van der Waals surface area contributed by atoms with E-state index in [4.69, 9.17) is 0 Å². The van der Waals surface area contributed by atoms with E-state index < -0.39 is 0 Å². The molecule has 0 saturated carbocycles. The minimum atomic E-state index is -0.265. The molecule has 1 aromatic heterocycles. The maximum atomic E-state index is 12.9. The first-order valence-corrected chi connectivity index (χ1v) is 9.04. The van der Waals surface area contributed by atoms with Crippen LogP contribution in [-0.2, 0) is 0 Å². The van der Waals surface area contributed by atoms with E-state index in [1.165, 1.54) is 12.2 Å². The third-order valence-electron chi connectivity index (χ3n) is 5.18. The minimum Gasteiger partial charge on any atom is -0.354 e. The summed E-state index contributed by atoms with van der Waals surface area (Å²) in [5, 5.41) is 0. The molecule has 138 valence electrons. The lowest BCUT2D eigenvalue weighted by atomic mass is 9.88. The van der Waals surface area contributed by atoms with Crippen molar-refractivity contribution in [1.29, 1.82) is 0 Å². The predicted octanol–water partition coefficient (Wildman–Crippen LogP) is 3.94. The molecule has 1 N–H and O–H groups in total. The van der Waals surface area contributed by atoms with E-state index in [2.05, 4.69) is 4.98 Å². The number of fused-ring (bicyclic) bond motifs is 2. The summed E-state index contributed by atoms with van der Waals surface area (Å²) in [6.45, 7) is 0. The summed E-state index contributed by atoms with van der Waals surface area (Å²) in [5.41, 5.74) is 2.76. The van der Waals surface area contributed by atoms with E-state index in [-0.39, 0.29) is 34.3 Å². The first kappa shape index (κ1) is 17.0. The third-order valence-corrected chi connectivity index (χ3v) is 5.18. The Labute approximate surface area is 165 Å². The van der Waals surface area contributed by atoms with Gasteiger partial charge in [0.25, 0.3) is 0 Å². The molecule has 2 aliphatic carbocycles. The molecule has 0 unspecified atom stereocenters. The van der Waals surface area contributed by atoms with Crippen molar-refractivity contribution in [2.75, 3.05) is 0 Å². The van der Waals surface area contributed by atoms with Gasteiger partial charge in [0.2, 0.25) is 0 Å². The van der Waals surface area contributed by atoms with E-state index in [9.17, 15) is 19.2 Å². The van der Waals surface area contributed by atoms with Crippen molar-refractivity contribution in [2.24, 2.45) is 0 Å². The summed E-state index contributed by atoms with van der Waals surface area (Å²) in [6, 6.07) is 16.6. The highest BCUT2D eigenvalue weighted by molar-refractivity contribution is 6.40. The van der Waals surface area contributed by atoms with Crippen LogP contribution in [0.15, 0.2) is 72.8 Å². The van der Waals surface area contributed by atoms with Crippen LogP contribution in [0.3, 0.4) is 0 Å². The standard InChI is InChI=1S/C24H13NO4/c26-21-11-17(23(28)15-7-3-1-5-13(15)21)19-9-10-20(25-19)18-12-22(27)14-6-2-4-8-16(14)24(18)29/h1-12,25H. The van der Waals surface area contributed by atoms with Gasteiger partial charge in [-0.15, -0.1) is 0 Å². The van der Waals surface area contributed by atoms with Crippen LogP contribution in [0.2, 0.25) is 0 Å². The summed E-state index contributed by atoms with van der Waals surface area (Å²) in [6.07, 6.45) is 2.61. The monoisotopic (exact) mass is 379 g/mol. The zero-order valence-corrected chi connectivity index (χ0v) is 15.1. The van der Waals surface area contributed by atoms with Crippen molar-refractivity contribution in [1.82, 2.24) is 4.98 Å². The van der Waals surface area contributed by atoms with Gasteiger partial charge in [0.1, 0.15) is 0 Å². The second kappa shape index (κ2) is 6.21. The van der Waals surface area contributed by atoms with Crippen molar-refractivity contribution < 1.29 is 19.2 Å². The van der Waals surface area contributed by atoms with Gasteiger partial charge in [-0.25, -0.2) is 0 Å². The van der Waals surface area contributed by atoms with E-state index in [1.54, 1.807) is 60.7 Å². The van der Waals surface area contributed by atoms with Gasteiger partial charge in [0.15, 0.2) is 23.1 Å². The molecule has 0 bridgehead atoms. The molecule has 2 aliphatic rings. The Kier molecular flexibility index (Phi) is 3.64. The van der Waals surface area contributed by atoms with Crippen molar-refractivity contribution in [2.45, 2.75) is 0 Å². The lowest BCUT2D eigenvalue weighted by molar-refractivity contribution is 0.100. The maximum Gasteiger partial charge on any atom is 0.195 e. The molecule has 0 saturated heterocycles. The number of H-pyrrole nitrogens is 1. The van der Waals surface area contributed by atoms with E-state index in [1.807, 2.05) is 0 Å². The quantitative estimate of drug-likeness (QED) is 0.731. The smallest absolute Gasteiger partial charge is 0.195 e. The van der Waals surface area contributed by atoms with Crippen LogP contribution in [0, 0.1) is 0 Å². The van der Waals surface area contributed by atoms with Crippen molar-refractivity contribution in [3.8, 4) is 0 Å². The number of hydrogen-bond acceptors (Lipinski definition) is 4. The van der Waals surface area contributed by atoms with E-state index >= 15 is 0 Å². The predicted molar refractivity (Wildman–Crippen MR) is 107 cm³/mol. The van der Waals surface area contributed by atoms with E-state index in [0.717, 1.165) is 0 Å². The number of Topliss-reactive ketones (excluding diaryl/α,β-unsaturated/α-hetero) is 2. The first-order chi connectivity index (χ1) is 14.0. The van der Waals surface area contributed by atoms with Crippen LogP contribution in [-0.4, -0.2) is 28.1 Å². The van der Waals surface area contributed by atoms with Gasteiger partial charge in [0, 0.05) is 44.8 Å². The second-order valence-electron chi connectivity index (χ2n) is 6.88. The fraction of sp³-hybridized carbons (Fsp3) is 0. The van der Waals surface area contributed by atoms with Gasteiger partial charge in [-0.2, -0.15) is 0 Å². The molecule has 29 heavy (non-hydrogen) atoms. The zero-order valence-electron chi connectivity index (χ0n) is 15.1. The molecular weight excluding hydrogens is 366 g/mol. The molecule has 0 radical (unpaired) electrons. The van der Waals surface area contributed by atoms with Crippen LogP contribution >= 0.6 is 0 Å². The lowest BCUT2D eigenvalue weighted by Gasteiger charge is -2.15. The number of aromatic amines is 1. The summed E-state index contributed by atoms with van der Waals surface area (Å²) < 4.78 is 0. The molecule has 0 fully saturated rings. The Morgan fingerprint density at radius 2 is 0.862 bits per heavy atom. The molecule has 5 heteroatoms. The van der Waals surface area contributed by atoms with Gasteiger partial charge in [0.05, 0.1) is 0 Å². The second-order valence-corrected chi connectivity index (χ2v) is 6.88. The van der Waals surface area contributed by atoms with Gasteiger partial charge in [-0.1, -0.05) is 48.5 Å². The normalized spacial score (nSPS) is 15.6. The molecule has 2 aromatic carbocycles. The Morgan fingerprint density at radius 1 is 0.483 bits per heavy atom. The summed E-state index contributed by atoms with van der Waals surface area (Å²) in [5.74, 6) is -1.02. The molecule has 5 nitrogen and oxygen atoms in total. The maximum absolute atomic E-state index is 12.9. The summed E-state index contributed by atoms with van der Waals surface area (Å²) >= 11 is 0. The third kappa shape index (κ3) is 2.56. The number of allylic oxidation sites excluding steroid dienone is 4. The minimum absolute atomic E-state index is 0.232. The number of benzene rings is 2. The summed E-state index contributed by atoms with van der Waals surface area (Å²) in [7, 11) is 0. The first-order valence-electron chi connectivity index (χ1n) is 9.04. The molecule has 3 aromatic rings. The number of ketones is 4. The fourth-order valence-corrected chi connectivity index (χ4v) is 3.74. The molecular formula is C24H13NO4. The van der Waals surface area contributed by atoms with Gasteiger partial charge in [-0.05, 0) is 24.3 Å². The van der Waals surface area contributed by atoms with Gasteiger partial charge >= 0.3 is 0 Å². The van der Waals surface area contributed by atoms with Crippen LogP contribution < -0.4 is 0 Å². The van der Waals surface area contributed by atoms with Crippen LogP contribution in [0.4, 0.5) is 0 Å². The van der Waals surface area contributed by atoms with Crippen LogP contribution in [0.25, 0.3) is 11.1 Å². The van der Waals surface area contributed by atoms with Gasteiger partial charge in [-0.3, -0.25) is 19.2 Å². The van der Waals surface area contributed by atoms with E-state index in [0.29, 0.717) is 33.6 Å². The largest absolute Gasteiger partial charge is 0.354 e. The SMILES string of the molecule is O=C1C=C(c2ccc(C3=CC(=O)c4ccccc4C3=O)[nH]2)C(=O)c2ccccc21. The number of hydrogen-bond donors (Lipinski definition) is 1. The highest BCUT2D eigenvalue weighted by Gasteiger charge is 2.29. The number of carbonyl (C=O) groups is 4. The molecule has 0 amide bonds. The molecule has 1 heterocycles. The number of aromatic nitrogens is 1. The Bertz CT molecular complexity index is 1220. The molecule has 0 aliphatic heterocycles. The number of carbonyl (C=O) groups excluding carboxylic acids is 4. The Morgan fingerprint density at radius 3 is 1.28 bits per heavy atom. The van der Waals surface area contributed by atoms with Crippen molar-refractivity contribution in [3.05, 3.63) is 106 Å². The highest BCUT2D eigenvalue weighted by atomic mass is 16.1. The molecule has 0 spiro atoms. The summed E-state index contributed by atoms with van der Waals surface area (Å²) in [4.78, 5) is 53.5.